The number of ketones is 1. The lowest BCUT2D eigenvalue weighted by Gasteiger charge is -2.21. The molecule has 7 aromatic rings. The van der Waals surface area contributed by atoms with Gasteiger partial charge in [-0.15, -0.1) is 0 Å². The number of Topliss-reactive ketones (excluding diaryl/α,β-unsaturated/α-hetero) is 1. The Hall–Kier alpha value is -7.13. The summed E-state index contributed by atoms with van der Waals surface area (Å²) >= 11 is 0. The predicted molar refractivity (Wildman–Crippen MR) is 348 cm³/mol. The number of benzene rings is 4. The summed E-state index contributed by atoms with van der Waals surface area (Å²) in [6.45, 7) is 20.6. The standard InChI is InChI=1S/C24H31N3O3.C23H35F2N3O2.C20H26F3N3O.2CH4/c1-4-5-14-27(2)18-20-17-25-26-24(20)19-6-8-22(9-7-19)29-15-16-30-23-12-10-21(28-3)11-13-23;1-6-7-8-28(5)14-18-13-26-27-22(18)17-10-19(23(4,24)25)12-20(11-17)30-21(15-29)9-16(2)3;1-5-6-7-26(4)12-16-11-24-25-18(16)14-8-15(19(27)13(2)3)10-17(9-14)20(21,22)23;;/h6-13,17H,4-5,14-16,18H2,1-3H3,(H,25,26);10-13,16,21,29H,6-9,14-15H2,1-5H3,(H,26,27);8-11,13H,5-7,12H2,1-4H3,(H,24,25);2*1H4. The Morgan fingerprint density at radius 2 is 0.989 bits per heavy atom. The van der Waals surface area contributed by atoms with Crippen molar-refractivity contribution in [3.8, 4) is 56.8 Å². The fourth-order valence-corrected chi connectivity index (χ4v) is 9.50. The Balaban J connectivity index is 0.000000346. The molecule has 1 atom stereocenters. The lowest BCUT2D eigenvalue weighted by molar-refractivity contribution is -0.137. The van der Waals surface area contributed by atoms with Crippen LogP contribution in [-0.4, -0.2) is 130 Å². The van der Waals surface area contributed by atoms with E-state index in [0.717, 1.165) is 111 Å². The van der Waals surface area contributed by atoms with Gasteiger partial charge >= 0.3 is 6.18 Å². The van der Waals surface area contributed by atoms with Crippen molar-refractivity contribution in [3.05, 3.63) is 137 Å². The van der Waals surface area contributed by atoms with Gasteiger partial charge in [-0.2, -0.15) is 28.5 Å². The third-order valence-corrected chi connectivity index (χ3v) is 14.3. The Morgan fingerprint density at radius 1 is 0.573 bits per heavy atom. The van der Waals surface area contributed by atoms with Gasteiger partial charge in [0.2, 0.25) is 0 Å². The van der Waals surface area contributed by atoms with Gasteiger partial charge in [0.05, 0.1) is 55.0 Å². The van der Waals surface area contributed by atoms with E-state index in [1.54, 1.807) is 39.4 Å². The maximum absolute atomic E-state index is 14.2. The lowest BCUT2D eigenvalue weighted by atomic mass is 9.95. The molecule has 0 amide bonds. The van der Waals surface area contributed by atoms with E-state index in [-0.39, 0.29) is 44.3 Å². The quantitative estimate of drug-likeness (QED) is 0.0179. The number of carbonyl (C=O) groups excluding carboxylic acids is 1. The van der Waals surface area contributed by atoms with Crippen LogP contribution >= 0.6 is 0 Å². The number of nitrogens with one attached hydrogen (secondary N) is 3. The van der Waals surface area contributed by atoms with Crippen molar-refractivity contribution in [1.29, 1.82) is 0 Å². The number of aromatic nitrogens is 6. The summed E-state index contributed by atoms with van der Waals surface area (Å²) in [6, 6.07) is 23.7. The Kier molecular flexibility index (Phi) is 32.3. The molecule has 0 spiro atoms. The number of hydrogen-bond acceptors (Lipinski definition) is 12. The van der Waals surface area contributed by atoms with Crippen LogP contribution in [0.5, 0.6) is 23.0 Å². The molecule has 0 saturated heterocycles. The van der Waals surface area contributed by atoms with Crippen LogP contribution in [0.1, 0.15) is 153 Å². The van der Waals surface area contributed by atoms with Gasteiger partial charge in [-0.25, -0.2) is 8.78 Å². The molecule has 0 bridgehead atoms. The average molecular weight is 1250 g/mol. The Morgan fingerprint density at radius 3 is 1.38 bits per heavy atom. The summed E-state index contributed by atoms with van der Waals surface area (Å²) in [7, 11) is 7.80. The van der Waals surface area contributed by atoms with Gasteiger partial charge in [-0.1, -0.05) is 82.6 Å². The zero-order valence-corrected chi connectivity index (χ0v) is 52.9. The number of H-pyrrole nitrogens is 3. The van der Waals surface area contributed by atoms with Gasteiger partial charge < -0.3 is 38.8 Å². The van der Waals surface area contributed by atoms with Crippen LogP contribution in [0.25, 0.3) is 33.8 Å². The smallest absolute Gasteiger partial charge is 0.416 e. The molecule has 0 aliphatic carbocycles. The predicted octanol–water partition coefficient (Wildman–Crippen LogP) is 16.4. The van der Waals surface area contributed by atoms with Crippen molar-refractivity contribution in [2.45, 2.75) is 153 Å². The van der Waals surface area contributed by atoms with Gasteiger partial charge in [0.15, 0.2) is 5.78 Å². The molecular weight excluding hydrogens is 1150 g/mol. The van der Waals surface area contributed by atoms with Gasteiger partial charge in [0, 0.05) is 77.0 Å². The number of aromatic amines is 3. The van der Waals surface area contributed by atoms with E-state index in [2.05, 4.69) is 85.2 Å². The molecule has 0 fully saturated rings. The van der Waals surface area contributed by atoms with Crippen LogP contribution in [0.2, 0.25) is 0 Å². The van der Waals surface area contributed by atoms with Crippen LogP contribution < -0.4 is 18.9 Å². The van der Waals surface area contributed by atoms with Crippen LogP contribution in [0.15, 0.2) is 104 Å². The van der Waals surface area contributed by atoms with Gasteiger partial charge in [-0.05, 0) is 157 Å². The van der Waals surface area contributed by atoms with Crippen molar-refractivity contribution in [2.24, 2.45) is 11.8 Å². The minimum Gasteiger partial charge on any atom is -0.497 e. The largest absolute Gasteiger partial charge is 0.497 e. The van der Waals surface area contributed by atoms with Crippen molar-refractivity contribution in [3.63, 3.8) is 0 Å². The van der Waals surface area contributed by atoms with E-state index in [1.165, 1.54) is 36.6 Å². The third kappa shape index (κ3) is 25.0. The molecule has 1 unspecified atom stereocenters. The minimum atomic E-state index is -4.53. The maximum Gasteiger partial charge on any atom is 0.416 e. The number of alkyl halides is 5. The molecule has 20 heteroatoms. The number of aliphatic hydroxyl groups is 1. The summed E-state index contributed by atoms with van der Waals surface area (Å²) in [5, 5.41) is 31.0. The molecule has 0 aliphatic rings. The molecule has 3 aromatic heterocycles. The van der Waals surface area contributed by atoms with Crippen LogP contribution in [-0.2, 0) is 31.7 Å². The first-order valence-corrected chi connectivity index (χ1v) is 30.2. The van der Waals surface area contributed by atoms with Crippen molar-refractivity contribution < 1.29 is 50.8 Å². The Labute approximate surface area is 526 Å². The second-order valence-corrected chi connectivity index (χ2v) is 23.0. The summed E-state index contributed by atoms with van der Waals surface area (Å²) in [6.07, 6.45) is 7.67. The highest BCUT2D eigenvalue weighted by molar-refractivity contribution is 5.98. The maximum atomic E-state index is 14.2. The van der Waals surface area contributed by atoms with Crippen molar-refractivity contribution in [1.82, 2.24) is 45.3 Å². The molecule has 7 rings (SSSR count). The van der Waals surface area contributed by atoms with E-state index in [0.29, 0.717) is 66.9 Å². The number of aliphatic hydroxyl groups excluding tert-OH is 1. The number of carbonyl (C=O) groups is 1. The topological polar surface area (TPSA) is 170 Å². The first-order valence-electron chi connectivity index (χ1n) is 30.2. The monoisotopic (exact) mass is 1250 g/mol. The van der Waals surface area contributed by atoms with Crippen molar-refractivity contribution in [2.75, 3.05) is 67.7 Å². The average Bonchev–Trinajstić information content (AvgIpc) is 2.70. The van der Waals surface area contributed by atoms with Crippen LogP contribution in [0.4, 0.5) is 22.0 Å². The minimum absolute atomic E-state index is 0. The molecule has 4 aromatic carbocycles. The van der Waals surface area contributed by atoms with E-state index in [4.69, 9.17) is 18.9 Å². The van der Waals surface area contributed by atoms with Crippen LogP contribution in [0.3, 0.4) is 0 Å². The summed E-state index contributed by atoms with van der Waals surface area (Å²) in [5.41, 5.74) is 6.37. The number of methoxy groups -OCH3 is 1. The summed E-state index contributed by atoms with van der Waals surface area (Å²) in [5.74, 6) is -0.653. The van der Waals surface area contributed by atoms with Gasteiger partial charge in [-0.3, -0.25) is 20.1 Å². The zero-order valence-electron chi connectivity index (χ0n) is 52.9. The van der Waals surface area contributed by atoms with E-state index >= 15 is 0 Å². The zero-order chi connectivity index (χ0) is 63.7. The van der Waals surface area contributed by atoms with E-state index in [9.17, 15) is 31.9 Å². The molecule has 492 valence electrons. The fourth-order valence-electron chi connectivity index (χ4n) is 9.50. The molecule has 4 N–H and O–H groups in total. The van der Waals surface area contributed by atoms with E-state index in [1.807, 2.05) is 70.5 Å². The molecule has 15 nitrogen and oxygen atoms in total. The third-order valence-electron chi connectivity index (χ3n) is 14.3. The molecular formula is C69H100F5N9O6. The molecule has 0 aliphatic heterocycles. The van der Waals surface area contributed by atoms with Gasteiger partial charge in [0.1, 0.15) is 42.3 Å². The van der Waals surface area contributed by atoms with Crippen LogP contribution in [0, 0.1) is 11.8 Å². The van der Waals surface area contributed by atoms with Gasteiger partial charge in [0.25, 0.3) is 5.92 Å². The molecule has 89 heavy (non-hydrogen) atoms. The van der Waals surface area contributed by atoms with Crippen molar-refractivity contribution >= 4 is 5.78 Å². The molecule has 0 saturated carbocycles. The lowest BCUT2D eigenvalue weighted by Crippen LogP contribution is -2.23. The molecule has 3 heterocycles. The number of hydrogen-bond donors (Lipinski definition) is 4. The number of ether oxygens (including phenoxy) is 4. The highest BCUT2D eigenvalue weighted by atomic mass is 19.4. The molecule has 0 radical (unpaired) electrons. The first-order chi connectivity index (χ1) is 41.5. The second kappa shape index (κ2) is 37.8. The summed E-state index contributed by atoms with van der Waals surface area (Å²) < 4.78 is 91.0. The normalized spacial score (nSPS) is 11.9. The van der Waals surface area contributed by atoms with E-state index < -0.39 is 23.8 Å². The number of unbranched alkanes of at least 4 members (excludes halogenated alkanes) is 3. The fraction of sp³-hybridized carbons (Fsp3) is 0.507. The first kappa shape index (κ1) is 76.1. The highest BCUT2D eigenvalue weighted by Gasteiger charge is 2.33. The number of nitrogens with zero attached hydrogens (tertiary/aromatic N) is 6. The SMILES string of the molecule is C.C.CCCCN(C)Cc1cn[nH]c1-c1cc(C(=O)C(C)C)cc(C(F)(F)F)c1.CCCCN(C)Cc1cn[nH]c1-c1cc(OC(CO)CC(C)C)cc(C(C)(F)F)c1.CCCCN(C)Cc1cn[nH]c1-c1ccc(OCCOc2ccc(OC)cc2)cc1. The summed E-state index contributed by atoms with van der Waals surface area (Å²) in [4.78, 5) is 19.0. The second-order valence-electron chi connectivity index (χ2n) is 23.0. The Bertz CT molecular complexity index is 3100. The number of halogens is 5. The number of rotatable bonds is 32. The highest BCUT2D eigenvalue weighted by Crippen LogP contribution is 2.37.